The summed E-state index contributed by atoms with van der Waals surface area (Å²) >= 11 is 0. The first kappa shape index (κ1) is 17.2. The van der Waals surface area contributed by atoms with Gasteiger partial charge in [-0.15, -0.1) is 0 Å². The monoisotopic (exact) mass is 297 g/mol. The molecule has 0 spiro atoms. The van der Waals surface area contributed by atoms with Crippen LogP contribution < -0.4 is 5.32 Å². The molecule has 4 nitrogen and oxygen atoms in total. The van der Waals surface area contributed by atoms with Crippen LogP contribution in [0.5, 0.6) is 0 Å². The number of nitrogens with one attached hydrogen (secondary N) is 1. The molecule has 0 aliphatic carbocycles. The molecule has 4 heteroatoms. The van der Waals surface area contributed by atoms with Gasteiger partial charge in [0.15, 0.2) is 0 Å². The zero-order valence-corrected chi connectivity index (χ0v) is 14.3. The topological polar surface area (TPSA) is 38.7 Å². The summed E-state index contributed by atoms with van der Waals surface area (Å²) in [5.41, 5.74) is -0.0991. The lowest BCUT2D eigenvalue weighted by atomic mass is 9.84. The van der Waals surface area contributed by atoms with Crippen LogP contribution in [0.2, 0.25) is 0 Å². The van der Waals surface area contributed by atoms with Gasteiger partial charge < -0.3 is 20.2 Å². The number of aliphatic hydroxyl groups is 1. The minimum Gasteiger partial charge on any atom is -0.394 e. The first-order chi connectivity index (χ1) is 10.1. The molecule has 2 fully saturated rings. The van der Waals surface area contributed by atoms with E-state index in [9.17, 15) is 5.11 Å². The largest absolute Gasteiger partial charge is 0.394 e. The Labute approximate surface area is 130 Å². The maximum Gasteiger partial charge on any atom is 0.0610 e. The number of hydrogen-bond donors (Lipinski definition) is 2. The molecule has 3 unspecified atom stereocenters. The molecule has 0 radical (unpaired) electrons. The van der Waals surface area contributed by atoms with Crippen LogP contribution in [0.1, 0.15) is 46.0 Å². The number of nitrogens with zero attached hydrogens (tertiary/aromatic N) is 2. The summed E-state index contributed by atoms with van der Waals surface area (Å²) in [6.45, 7) is 10.4. The Hall–Kier alpha value is -0.160. The van der Waals surface area contributed by atoms with Gasteiger partial charge in [-0.2, -0.15) is 0 Å². The number of rotatable bonds is 7. The molecule has 0 aromatic rings. The van der Waals surface area contributed by atoms with Crippen LogP contribution >= 0.6 is 0 Å². The molecule has 0 amide bonds. The van der Waals surface area contributed by atoms with Crippen molar-refractivity contribution in [1.82, 2.24) is 15.1 Å². The Morgan fingerprint density at radius 2 is 2.10 bits per heavy atom. The predicted octanol–water partition coefficient (Wildman–Crippen LogP) is 1.54. The minimum atomic E-state index is -0.0991. The molecule has 0 bridgehead atoms. The number of likely N-dealkylation sites (tertiary alicyclic amines) is 2. The zero-order chi connectivity index (χ0) is 15.3. The van der Waals surface area contributed by atoms with E-state index in [2.05, 4.69) is 36.0 Å². The van der Waals surface area contributed by atoms with Crippen molar-refractivity contribution in [2.45, 2.75) is 57.5 Å². The number of hydrogen-bond acceptors (Lipinski definition) is 4. The molecule has 3 atom stereocenters. The number of fused-ring (bicyclic) bond motifs is 1. The number of aliphatic hydroxyl groups excluding tert-OH is 1. The summed E-state index contributed by atoms with van der Waals surface area (Å²) in [6.07, 6.45) is 6.36. The standard InChI is InChI=1S/C17H35N3O/c1-4-18-17(2,14-21)9-6-11-20-12-8-16-15(13-20)7-5-10-19(16)3/h15-16,18,21H,4-14H2,1-3H3. The third-order valence-electron chi connectivity index (χ3n) is 5.59. The summed E-state index contributed by atoms with van der Waals surface area (Å²) in [4.78, 5) is 5.24. The van der Waals surface area contributed by atoms with E-state index in [0.29, 0.717) is 0 Å². The van der Waals surface area contributed by atoms with Gasteiger partial charge in [-0.05, 0) is 78.2 Å². The Morgan fingerprint density at radius 3 is 2.81 bits per heavy atom. The van der Waals surface area contributed by atoms with Crippen molar-refractivity contribution < 1.29 is 5.11 Å². The van der Waals surface area contributed by atoms with Crippen LogP contribution in [0, 0.1) is 5.92 Å². The quantitative estimate of drug-likeness (QED) is 0.748. The van der Waals surface area contributed by atoms with Crippen molar-refractivity contribution in [3.05, 3.63) is 0 Å². The van der Waals surface area contributed by atoms with Gasteiger partial charge in [0.1, 0.15) is 0 Å². The van der Waals surface area contributed by atoms with Gasteiger partial charge in [-0.25, -0.2) is 0 Å². The van der Waals surface area contributed by atoms with E-state index in [4.69, 9.17) is 0 Å². The maximum atomic E-state index is 9.56. The average molecular weight is 297 g/mol. The first-order valence-electron chi connectivity index (χ1n) is 8.86. The predicted molar refractivity (Wildman–Crippen MR) is 88.6 cm³/mol. The van der Waals surface area contributed by atoms with Gasteiger partial charge in [-0.3, -0.25) is 0 Å². The van der Waals surface area contributed by atoms with E-state index in [-0.39, 0.29) is 12.1 Å². The van der Waals surface area contributed by atoms with Crippen molar-refractivity contribution in [1.29, 1.82) is 0 Å². The fourth-order valence-corrected chi connectivity index (χ4v) is 4.27. The molecule has 0 aromatic carbocycles. The lowest BCUT2D eigenvalue weighted by molar-refractivity contribution is 0.0366. The van der Waals surface area contributed by atoms with E-state index >= 15 is 0 Å². The van der Waals surface area contributed by atoms with Crippen LogP contribution in [-0.2, 0) is 0 Å². The summed E-state index contributed by atoms with van der Waals surface area (Å²) < 4.78 is 0. The first-order valence-corrected chi connectivity index (χ1v) is 8.86. The van der Waals surface area contributed by atoms with Gasteiger partial charge in [0.25, 0.3) is 0 Å². The highest BCUT2D eigenvalue weighted by Gasteiger charge is 2.34. The SMILES string of the molecule is CCNC(C)(CO)CCCN1CCC2C(CCCN2C)C1. The summed E-state index contributed by atoms with van der Waals surface area (Å²) in [5, 5.41) is 13.0. The lowest BCUT2D eigenvalue weighted by Gasteiger charge is -2.46. The second-order valence-corrected chi connectivity index (χ2v) is 7.39. The van der Waals surface area contributed by atoms with Crippen LogP contribution in [0.3, 0.4) is 0 Å². The van der Waals surface area contributed by atoms with Gasteiger partial charge in [0, 0.05) is 18.1 Å². The normalized spacial score (nSPS) is 30.9. The van der Waals surface area contributed by atoms with E-state index in [1.54, 1.807) is 0 Å². The second-order valence-electron chi connectivity index (χ2n) is 7.39. The molecule has 21 heavy (non-hydrogen) atoms. The average Bonchev–Trinajstić information content (AvgIpc) is 2.48. The molecule has 2 rings (SSSR count). The molecule has 2 aliphatic heterocycles. The molecule has 124 valence electrons. The smallest absolute Gasteiger partial charge is 0.0610 e. The summed E-state index contributed by atoms with van der Waals surface area (Å²) in [6, 6.07) is 0.833. The molecule has 2 saturated heterocycles. The molecule has 2 N–H and O–H groups in total. The van der Waals surface area contributed by atoms with E-state index < -0.39 is 0 Å². The molecular weight excluding hydrogens is 262 g/mol. The zero-order valence-electron chi connectivity index (χ0n) is 14.3. The highest BCUT2D eigenvalue weighted by molar-refractivity contribution is 4.89. The third kappa shape index (κ3) is 4.65. The molecule has 0 saturated carbocycles. The van der Waals surface area contributed by atoms with E-state index in [1.165, 1.54) is 51.9 Å². The number of likely N-dealkylation sites (N-methyl/N-ethyl adjacent to an activating group) is 1. The highest BCUT2D eigenvalue weighted by atomic mass is 16.3. The second kappa shape index (κ2) is 7.91. The van der Waals surface area contributed by atoms with Crippen LogP contribution in [0.4, 0.5) is 0 Å². The highest BCUT2D eigenvalue weighted by Crippen LogP contribution is 2.29. The van der Waals surface area contributed by atoms with E-state index in [1.807, 2.05) is 0 Å². The fourth-order valence-electron chi connectivity index (χ4n) is 4.27. The summed E-state index contributed by atoms with van der Waals surface area (Å²) in [5.74, 6) is 0.885. The van der Waals surface area contributed by atoms with Gasteiger partial charge in [0.05, 0.1) is 6.61 Å². The molecule has 2 aliphatic rings. The lowest BCUT2D eigenvalue weighted by Crippen LogP contribution is -2.53. The fraction of sp³-hybridized carbons (Fsp3) is 1.00. The Morgan fingerprint density at radius 1 is 1.29 bits per heavy atom. The summed E-state index contributed by atoms with van der Waals surface area (Å²) in [7, 11) is 2.30. The molecular formula is C17H35N3O. The Balaban J connectivity index is 1.72. The van der Waals surface area contributed by atoms with Crippen LogP contribution in [0.25, 0.3) is 0 Å². The molecule has 2 heterocycles. The van der Waals surface area contributed by atoms with Crippen molar-refractivity contribution in [2.75, 3.05) is 46.4 Å². The van der Waals surface area contributed by atoms with Gasteiger partial charge >= 0.3 is 0 Å². The van der Waals surface area contributed by atoms with E-state index in [0.717, 1.165) is 24.9 Å². The van der Waals surface area contributed by atoms with Crippen molar-refractivity contribution >= 4 is 0 Å². The van der Waals surface area contributed by atoms with Gasteiger partial charge in [0.2, 0.25) is 0 Å². The Kier molecular flexibility index (Phi) is 6.48. The van der Waals surface area contributed by atoms with Gasteiger partial charge in [-0.1, -0.05) is 6.92 Å². The van der Waals surface area contributed by atoms with Crippen LogP contribution in [0.15, 0.2) is 0 Å². The minimum absolute atomic E-state index is 0.0991. The molecule has 0 aromatic heterocycles. The van der Waals surface area contributed by atoms with Crippen LogP contribution in [-0.4, -0.2) is 72.9 Å². The number of piperidine rings is 2. The third-order valence-corrected chi connectivity index (χ3v) is 5.59. The van der Waals surface area contributed by atoms with Crippen molar-refractivity contribution in [3.63, 3.8) is 0 Å². The Bertz CT molecular complexity index is 312. The maximum absolute atomic E-state index is 9.56. The van der Waals surface area contributed by atoms with Crippen molar-refractivity contribution in [2.24, 2.45) is 5.92 Å². The van der Waals surface area contributed by atoms with Crippen molar-refractivity contribution in [3.8, 4) is 0 Å².